The number of nitrogens with two attached hydrogens (primary N) is 1. The van der Waals surface area contributed by atoms with Crippen molar-refractivity contribution in [3.63, 3.8) is 0 Å². The van der Waals surface area contributed by atoms with Crippen molar-refractivity contribution in [2.24, 2.45) is 5.73 Å². The Balaban J connectivity index is 2.14. The normalized spacial score (nSPS) is 13.7. The summed E-state index contributed by atoms with van der Waals surface area (Å²) in [5, 5.41) is 0. The molecule has 2 N–H and O–H groups in total. The monoisotopic (exact) mass is 287 g/mol. The summed E-state index contributed by atoms with van der Waals surface area (Å²) in [5.74, 6) is -0.274. The van der Waals surface area contributed by atoms with E-state index in [-0.39, 0.29) is 12.0 Å². The number of hydrogen-bond acceptors (Lipinski definition) is 4. The van der Waals surface area contributed by atoms with Crippen LogP contribution in [-0.4, -0.2) is 22.1 Å². The number of nitrogens with zero attached hydrogens (tertiary/aromatic N) is 2. The van der Waals surface area contributed by atoms with Gasteiger partial charge in [0, 0.05) is 6.20 Å². The van der Waals surface area contributed by atoms with Gasteiger partial charge in [-0.1, -0.05) is 30.3 Å². The Labute approximate surface area is 124 Å². The van der Waals surface area contributed by atoms with Crippen LogP contribution < -0.4 is 5.73 Å². The Hall–Kier alpha value is -2.14. The van der Waals surface area contributed by atoms with Gasteiger partial charge in [0.25, 0.3) is 0 Å². The van der Waals surface area contributed by atoms with Crippen LogP contribution in [0.15, 0.2) is 42.9 Å². The molecule has 0 amide bonds. The molecule has 0 fully saturated rings. The second-order valence-electron chi connectivity index (χ2n) is 4.95. The lowest BCUT2D eigenvalue weighted by Crippen LogP contribution is -2.24. The fraction of sp³-hybridized carbons (Fsp3) is 0.375. The number of carbonyl (C=O) groups is 1. The predicted octanol–water partition coefficient (Wildman–Crippen LogP) is 2.25. The molecule has 0 saturated heterocycles. The third kappa shape index (κ3) is 3.70. The highest BCUT2D eigenvalue weighted by Gasteiger charge is 2.21. The van der Waals surface area contributed by atoms with Crippen molar-refractivity contribution in [3.05, 3.63) is 54.1 Å². The van der Waals surface area contributed by atoms with Crippen LogP contribution in [0.3, 0.4) is 0 Å². The van der Waals surface area contributed by atoms with Gasteiger partial charge in [-0.25, -0.2) is 9.78 Å². The number of esters is 1. The van der Waals surface area contributed by atoms with Gasteiger partial charge in [-0.15, -0.1) is 0 Å². The molecule has 0 saturated carbocycles. The van der Waals surface area contributed by atoms with E-state index in [2.05, 4.69) is 4.98 Å². The predicted molar refractivity (Wildman–Crippen MR) is 80.6 cm³/mol. The van der Waals surface area contributed by atoms with Crippen molar-refractivity contribution in [3.8, 4) is 0 Å². The standard InChI is InChI=1S/C16H21N3O2/c1-3-21-16(20)12(2)19-11-18-10-15(19)14(17)9-13-7-5-4-6-8-13/h4-8,10-12,14H,3,9,17H2,1-2H3/t12?,14-/m1/s1. The van der Waals surface area contributed by atoms with Crippen LogP contribution in [0.1, 0.15) is 37.2 Å². The fourth-order valence-electron chi connectivity index (χ4n) is 2.27. The largest absolute Gasteiger partial charge is 0.464 e. The van der Waals surface area contributed by atoms with Gasteiger partial charge >= 0.3 is 5.97 Å². The van der Waals surface area contributed by atoms with Gasteiger partial charge in [0.1, 0.15) is 6.04 Å². The molecule has 2 aromatic rings. The molecule has 1 aromatic heterocycles. The first-order chi connectivity index (χ1) is 10.1. The molecular formula is C16H21N3O2. The Morgan fingerprint density at radius 3 is 2.76 bits per heavy atom. The third-order valence-corrected chi connectivity index (χ3v) is 3.42. The van der Waals surface area contributed by atoms with E-state index in [1.54, 1.807) is 30.9 Å². The molecule has 1 unspecified atom stereocenters. The van der Waals surface area contributed by atoms with Crippen LogP contribution in [0.4, 0.5) is 0 Å². The lowest BCUT2D eigenvalue weighted by Gasteiger charge is -2.19. The maximum atomic E-state index is 11.9. The maximum Gasteiger partial charge on any atom is 0.328 e. The summed E-state index contributed by atoms with van der Waals surface area (Å²) in [7, 11) is 0. The molecule has 112 valence electrons. The number of imidazole rings is 1. The topological polar surface area (TPSA) is 70.1 Å². The summed E-state index contributed by atoms with van der Waals surface area (Å²) in [5.41, 5.74) is 8.26. The molecule has 5 nitrogen and oxygen atoms in total. The number of carbonyl (C=O) groups excluding carboxylic acids is 1. The molecule has 0 aliphatic heterocycles. The first kappa shape index (κ1) is 15.3. The molecule has 1 heterocycles. The molecule has 5 heteroatoms. The first-order valence-corrected chi connectivity index (χ1v) is 7.11. The Morgan fingerprint density at radius 2 is 2.10 bits per heavy atom. The zero-order valence-electron chi connectivity index (χ0n) is 12.4. The van der Waals surface area contributed by atoms with Gasteiger partial charge in [-0.3, -0.25) is 0 Å². The van der Waals surface area contributed by atoms with Gasteiger partial charge in [0.05, 0.1) is 24.7 Å². The number of rotatable bonds is 6. The lowest BCUT2D eigenvalue weighted by atomic mass is 10.0. The summed E-state index contributed by atoms with van der Waals surface area (Å²) < 4.78 is 6.84. The molecule has 21 heavy (non-hydrogen) atoms. The second kappa shape index (κ2) is 7.04. The Morgan fingerprint density at radius 1 is 1.38 bits per heavy atom. The fourth-order valence-corrected chi connectivity index (χ4v) is 2.27. The molecule has 0 bridgehead atoms. The number of aromatic nitrogens is 2. The average Bonchev–Trinajstić information content (AvgIpc) is 2.97. The average molecular weight is 287 g/mol. The molecular weight excluding hydrogens is 266 g/mol. The van der Waals surface area contributed by atoms with E-state index < -0.39 is 6.04 Å². The van der Waals surface area contributed by atoms with Crippen LogP contribution >= 0.6 is 0 Å². The molecule has 0 spiro atoms. The van der Waals surface area contributed by atoms with Crippen molar-refractivity contribution in [1.29, 1.82) is 0 Å². The van der Waals surface area contributed by atoms with E-state index in [0.717, 1.165) is 11.3 Å². The van der Waals surface area contributed by atoms with Gasteiger partial charge in [-0.2, -0.15) is 0 Å². The minimum absolute atomic E-state index is 0.216. The van der Waals surface area contributed by atoms with Crippen molar-refractivity contribution in [1.82, 2.24) is 9.55 Å². The number of benzene rings is 1. The minimum atomic E-state index is -0.427. The van der Waals surface area contributed by atoms with Gasteiger partial charge in [0.15, 0.2) is 0 Å². The SMILES string of the molecule is CCOC(=O)C(C)n1cncc1[C@H](N)Cc1ccccc1. The highest BCUT2D eigenvalue weighted by atomic mass is 16.5. The van der Waals surface area contributed by atoms with Crippen molar-refractivity contribution in [2.45, 2.75) is 32.4 Å². The Bertz CT molecular complexity index is 580. The van der Waals surface area contributed by atoms with Crippen LogP contribution in [-0.2, 0) is 16.0 Å². The molecule has 2 rings (SSSR count). The highest BCUT2D eigenvalue weighted by Crippen LogP contribution is 2.20. The number of hydrogen-bond donors (Lipinski definition) is 1. The molecule has 0 aliphatic carbocycles. The third-order valence-electron chi connectivity index (χ3n) is 3.42. The molecule has 0 aliphatic rings. The van der Waals surface area contributed by atoms with E-state index in [4.69, 9.17) is 10.5 Å². The molecule has 2 atom stereocenters. The van der Waals surface area contributed by atoms with Crippen molar-refractivity contribution >= 4 is 5.97 Å². The summed E-state index contributed by atoms with van der Waals surface area (Å²) >= 11 is 0. The van der Waals surface area contributed by atoms with Crippen LogP contribution in [0.25, 0.3) is 0 Å². The lowest BCUT2D eigenvalue weighted by molar-refractivity contribution is -0.146. The molecule has 0 radical (unpaired) electrons. The van der Waals surface area contributed by atoms with Gasteiger partial charge in [-0.05, 0) is 25.8 Å². The minimum Gasteiger partial charge on any atom is -0.464 e. The summed E-state index contributed by atoms with van der Waals surface area (Å²) in [6, 6.07) is 9.38. The quantitative estimate of drug-likeness (QED) is 0.827. The molecule has 1 aromatic carbocycles. The van der Waals surface area contributed by atoms with Crippen LogP contribution in [0, 0.1) is 0 Å². The van der Waals surface area contributed by atoms with Crippen LogP contribution in [0.2, 0.25) is 0 Å². The van der Waals surface area contributed by atoms with Gasteiger partial charge < -0.3 is 15.0 Å². The summed E-state index contributed by atoms with van der Waals surface area (Å²) in [6.07, 6.45) is 4.03. The van der Waals surface area contributed by atoms with Crippen molar-refractivity contribution < 1.29 is 9.53 Å². The summed E-state index contributed by atoms with van der Waals surface area (Å²) in [4.78, 5) is 16.0. The van der Waals surface area contributed by atoms with E-state index >= 15 is 0 Å². The first-order valence-electron chi connectivity index (χ1n) is 7.11. The van der Waals surface area contributed by atoms with E-state index in [9.17, 15) is 4.79 Å². The van der Waals surface area contributed by atoms with E-state index in [0.29, 0.717) is 13.0 Å². The second-order valence-corrected chi connectivity index (χ2v) is 4.95. The Kier molecular flexibility index (Phi) is 5.11. The summed E-state index contributed by atoms with van der Waals surface area (Å²) in [6.45, 7) is 3.95. The van der Waals surface area contributed by atoms with Gasteiger partial charge in [0.2, 0.25) is 0 Å². The smallest absolute Gasteiger partial charge is 0.328 e. The van der Waals surface area contributed by atoms with E-state index in [1.165, 1.54) is 0 Å². The van der Waals surface area contributed by atoms with Crippen molar-refractivity contribution in [2.75, 3.05) is 6.61 Å². The zero-order chi connectivity index (χ0) is 15.2. The highest BCUT2D eigenvalue weighted by molar-refractivity contribution is 5.73. The maximum absolute atomic E-state index is 11.9. The van der Waals surface area contributed by atoms with Crippen LogP contribution in [0.5, 0.6) is 0 Å². The zero-order valence-corrected chi connectivity index (χ0v) is 12.4. The van der Waals surface area contributed by atoms with E-state index in [1.807, 2.05) is 30.3 Å². The number of ether oxygens (including phenoxy) is 1.